The van der Waals surface area contributed by atoms with Crippen LogP contribution in [0.25, 0.3) is 0 Å². The maximum Gasteiger partial charge on any atom is 0.288 e. The molecule has 2 N–H and O–H groups in total. The van der Waals surface area contributed by atoms with E-state index >= 15 is 0 Å². The lowest BCUT2D eigenvalue weighted by atomic mass is 9.80. The van der Waals surface area contributed by atoms with Crippen LogP contribution >= 0.6 is 0 Å². The molecule has 2 aliphatic heterocycles. The maximum atomic E-state index is 13.5. The molecule has 27 heavy (non-hydrogen) atoms. The van der Waals surface area contributed by atoms with Gasteiger partial charge in [0.05, 0.1) is 6.42 Å². The van der Waals surface area contributed by atoms with Crippen LogP contribution in [0.3, 0.4) is 0 Å². The Balaban J connectivity index is 1.69. The molecule has 0 bridgehead atoms. The molecule has 3 aliphatic rings. The monoisotopic (exact) mass is 378 g/mol. The number of amides is 1. The molecule has 1 amide bonds. The van der Waals surface area contributed by atoms with Crippen molar-refractivity contribution < 1.29 is 18.7 Å². The van der Waals surface area contributed by atoms with Gasteiger partial charge in [0.25, 0.3) is 11.8 Å². The van der Waals surface area contributed by atoms with Crippen molar-refractivity contribution in [3.8, 4) is 0 Å². The molecule has 1 unspecified atom stereocenters. The van der Waals surface area contributed by atoms with Crippen LogP contribution in [0.2, 0.25) is 0 Å². The van der Waals surface area contributed by atoms with Gasteiger partial charge in [0.1, 0.15) is 0 Å². The molecule has 1 saturated heterocycles. The van der Waals surface area contributed by atoms with Gasteiger partial charge in [-0.1, -0.05) is 32.9 Å². The second-order valence-electron chi connectivity index (χ2n) is 9.32. The number of hydrogen-bond donors (Lipinski definition) is 2. The third-order valence-electron chi connectivity index (χ3n) is 6.28. The first-order valence-electron chi connectivity index (χ1n) is 9.82. The van der Waals surface area contributed by atoms with Crippen molar-refractivity contribution in [1.29, 1.82) is 0 Å². The minimum absolute atomic E-state index is 0.0144. The van der Waals surface area contributed by atoms with Gasteiger partial charge in [-0.25, -0.2) is 8.78 Å². The van der Waals surface area contributed by atoms with Crippen LogP contribution in [0.1, 0.15) is 68.3 Å². The Kier molecular flexibility index (Phi) is 4.17. The predicted molar refractivity (Wildman–Crippen MR) is 98.8 cm³/mol. The van der Waals surface area contributed by atoms with E-state index in [9.17, 15) is 18.7 Å². The zero-order valence-electron chi connectivity index (χ0n) is 16.2. The lowest BCUT2D eigenvalue weighted by Crippen LogP contribution is -2.46. The number of rotatable bonds is 2. The number of carbonyl (C=O) groups excluding carboxylic acids is 1. The van der Waals surface area contributed by atoms with Crippen LogP contribution in [-0.4, -0.2) is 40.5 Å². The van der Waals surface area contributed by atoms with Gasteiger partial charge in [-0.3, -0.25) is 4.79 Å². The van der Waals surface area contributed by atoms with Crippen molar-refractivity contribution in [1.82, 2.24) is 10.2 Å². The minimum atomic E-state index is -3.30. The number of benzene rings is 1. The maximum absolute atomic E-state index is 13.5. The molecule has 1 aromatic carbocycles. The van der Waals surface area contributed by atoms with E-state index < -0.39 is 23.9 Å². The van der Waals surface area contributed by atoms with E-state index in [1.54, 1.807) is 0 Å². The van der Waals surface area contributed by atoms with Gasteiger partial charge in [-0.15, -0.1) is 0 Å². The second kappa shape index (κ2) is 5.98. The quantitative estimate of drug-likeness (QED) is 0.832. The van der Waals surface area contributed by atoms with Crippen LogP contribution in [0, 0.1) is 0 Å². The summed E-state index contributed by atoms with van der Waals surface area (Å²) in [6.45, 7) is 8.19. The van der Waals surface area contributed by atoms with Crippen molar-refractivity contribution in [3.05, 3.63) is 34.4 Å². The average molecular weight is 378 g/mol. The largest absolute Gasteiger partial charge is 0.375 e. The van der Waals surface area contributed by atoms with Gasteiger partial charge in [0.15, 0.2) is 0 Å². The van der Waals surface area contributed by atoms with Crippen molar-refractivity contribution in [2.75, 3.05) is 13.1 Å². The van der Waals surface area contributed by atoms with E-state index in [0.29, 0.717) is 19.5 Å². The molecule has 148 valence electrons. The molecule has 0 aromatic heterocycles. The van der Waals surface area contributed by atoms with Gasteiger partial charge < -0.3 is 15.3 Å². The molecule has 1 aliphatic carbocycles. The van der Waals surface area contributed by atoms with Crippen LogP contribution in [0.15, 0.2) is 12.1 Å². The Hall–Kier alpha value is -1.53. The molecule has 1 saturated carbocycles. The van der Waals surface area contributed by atoms with Crippen molar-refractivity contribution >= 4 is 5.91 Å². The summed E-state index contributed by atoms with van der Waals surface area (Å²) < 4.78 is 27.0. The fourth-order valence-electron chi connectivity index (χ4n) is 4.34. The summed E-state index contributed by atoms with van der Waals surface area (Å²) in [5.74, 6) is -4.13. The second-order valence-corrected chi connectivity index (χ2v) is 9.32. The molecular formula is C21H28F2N2O2. The highest BCUT2D eigenvalue weighted by Gasteiger charge is 2.76. The summed E-state index contributed by atoms with van der Waals surface area (Å²) in [6.07, 6.45) is 2.01. The summed E-state index contributed by atoms with van der Waals surface area (Å²) >= 11 is 0. The fourth-order valence-corrected chi connectivity index (χ4v) is 4.34. The van der Waals surface area contributed by atoms with E-state index in [0.717, 1.165) is 24.9 Å². The number of nitrogens with zero attached hydrogens (tertiary/aromatic N) is 1. The number of fused-ring (bicyclic) bond motifs is 1. The smallest absolute Gasteiger partial charge is 0.288 e. The summed E-state index contributed by atoms with van der Waals surface area (Å²) in [7, 11) is 0. The van der Waals surface area contributed by atoms with Gasteiger partial charge in [0, 0.05) is 19.1 Å². The highest BCUT2D eigenvalue weighted by atomic mass is 19.3. The third-order valence-corrected chi connectivity index (χ3v) is 6.28. The van der Waals surface area contributed by atoms with Crippen LogP contribution in [-0.2, 0) is 23.2 Å². The van der Waals surface area contributed by atoms with Crippen molar-refractivity contribution in [3.63, 3.8) is 0 Å². The first kappa shape index (κ1) is 18.8. The topological polar surface area (TPSA) is 52.6 Å². The molecule has 4 rings (SSSR count). The number of halogens is 2. The highest BCUT2D eigenvalue weighted by Crippen LogP contribution is 2.54. The standard InChI is InChI=1S/C21H28F2N2O2/c1-19(2,3)14-9-13-6-8-25(18(26)20(27)12-21(20,22)23)11-16(13)15(10-14)17-5-4-7-24-17/h9-10,17,24,27H,4-8,11-12H2,1-3H3/t17-,20?/m0/s1. The molecule has 6 heteroatoms. The highest BCUT2D eigenvalue weighted by molar-refractivity contribution is 5.90. The Morgan fingerprint density at radius 3 is 2.59 bits per heavy atom. The van der Waals surface area contributed by atoms with Crippen LogP contribution < -0.4 is 5.32 Å². The first-order valence-corrected chi connectivity index (χ1v) is 9.82. The summed E-state index contributed by atoms with van der Waals surface area (Å²) in [5.41, 5.74) is 2.22. The Bertz CT molecular complexity index is 781. The van der Waals surface area contributed by atoms with Gasteiger partial charge in [-0.2, -0.15) is 0 Å². The zero-order chi connectivity index (χ0) is 19.6. The SMILES string of the molecule is CC(C)(C)c1cc2c(c([C@@H]3CCCN3)c1)CN(C(=O)C1(O)CC1(F)F)CC2. The van der Waals surface area contributed by atoms with Crippen molar-refractivity contribution in [2.45, 2.75) is 76.0 Å². The van der Waals surface area contributed by atoms with E-state index in [-0.39, 0.29) is 11.5 Å². The van der Waals surface area contributed by atoms with Gasteiger partial charge in [0.2, 0.25) is 5.60 Å². The van der Waals surface area contributed by atoms with E-state index in [4.69, 9.17) is 0 Å². The number of aliphatic hydroxyl groups is 1. The van der Waals surface area contributed by atoms with Crippen LogP contribution in [0.4, 0.5) is 8.78 Å². The summed E-state index contributed by atoms with van der Waals surface area (Å²) in [4.78, 5) is 14.0. The molecular weight excluding hydrogens is 350 g/mol. The van der Waals surface area contributed by atoms with E-state index in [2.05, 4.69) is 38.2 Å². The average Bonchev–Trinajstić information content (AvgIpc) is 2.96. The number of hydrogen-bond acceptors (Lipinski definition) is 3. The Morgan fingerprint density at radius 1 is 1.33 bits per heavy atom. The van der Waals surface area contributed by atoms with Gasteiger partial charge >= 0.3 is 0 Å². The number of alkyl halides is 2. The van der Waals surface area contributed by atoms with E-state index in [1.165, 1.54) is 21.6 Å². The number of nitrogens with one attached hydrogen (secondary N) is 1. The Labute approximate surface area is 158 Å². The molecule has 2 fully saturated rings. The lowest BCUT2D eigenvalue weighted by molar-refractivity contribution is -0.150. The molecule has 0 spiro atoms. The molecule has 2 heterocycles. The molecule has 0 radical (unpaired) electrons. The fraction of sp³-hybridized carbons (Fsp3) is 0.667. The first-order chi connectivity index (χ1) is 12.5. The normalized spacial score (nSPS) is 29.6. The molecule has 2 atom stereocenters. The van der Waals surface area contributed by atoms with Crippen molar-refractivity contribution in [2.24, 2.45) is 0 Å². The number of carbonyl (C=O) groups is 1. The molecule has 1 aromatic rings. The third kappa shape index (κ3) is 3.07. The Morgan fingerprint density at radius 2 is 2.04 bits per heavy atom. The van der Waals surface area contributed by atoms with E-state index in [1.807, 2.05) is 0 Å². The van der Waals surface area contributed by atoms with Crippen LogP contribution in [0.5, 0.6) is 0 Å². The predicted octanol–water partition coefficient (Wildman–Crippen LogP) is 3.06. The zero-order valence-corrected chi connectivity index (χ0v) is 16.2. The van der Waals surface area contributed by atoms with Gasteiger partial charge in [-0.05, 0) is 53.5 Å². The minimum Gasteiger partial charge on any atom is -0.375 e. The summed E-state index contributed by atoms with van der Waals surface area (Å²) in [6, 6.07) is 4.66. The summed E-state index contributed by atoms with van der Waals surface area (Å²) in [5, 5.41) is 13.5. The lowest BCUT2D eigenvalue weighted by Gasteiger charge is -2.34. The molecule has 4 nitrogen and oxygen atoms in total.